The molecule has 0 saturated heterocycles. The third kappa shape index (κ3) is 5.05. The standard InChI is InChI=1S/C24H26N2O/c1-26(2)24(27)23(21-16-10-5-11-17-21)25-22(20-14-8-4-9-15-20)18-19-12-6-3-7-13-19/h3-17,22-23,25H,18H2,1-2H3/t22-,23-/m1/s1. The van der Waals surface area contributed by atoms with Crippen LogP contribution in [0.15, 0.2) is 91.0 Å². The summed E-state index contributed by atoms with van der Waals surface area (Å²) < 4.78 is 0. The number of carbonyl (C=O) groups excluding carboxylic acids is 1. The molecule has 1 amide bonds. The Kier molecular flexibility index (Phi) is 6.39. The van der Waals surface area contributed by atoms with E-state index >= 15 is 0 Å². The van der Waals surface area contributed by atoms with Gasteiger partial charge >= 0.3 is 0 Å². The van der Waals surface area contributed by atoms with Gasteiger partial charge in [-0.25, -0.2) is 0 Å². The topological polar surface area (TPSA) is 32.3 Å². The fourth-order valence-corrected chi connectivity index (χ4v) is 3.22. The molecule has 0 bridgehead atoms. The van der Waals surface area contributed by atoms with Crippen LogP contribution in [0.1, 0.15) is 28.8 Å². The normalized spacial score (nSPS) is 13.0. The van der Waals surface area contributed by atoms with Crippen LogP contribution in [0, 0.1) is 0 Å². The molecule has 0 unspecified atom stereocenters. The van der Waals surface area contributed by atoms with E-state index in [1.54, 1.807) is 19.0 Å². The molecule has 0 heterocycles. The zero-order chi connectivity index (χ0) is 19.1. The quantitative estimate of drug-likeness (QED) is 0.679. The van der Waals surface area contributed by atoms with Crippen LogP contribution in [0.5, 0.6) is 0 Å². The Bertz CT molecular complexity index is 832. The number of likely N-dealkylation sites (N-methyl/N-ethyl adjacent to an activating group) is 1. The molecule has 0 aliphatic rings. The summed E-state index contributed by atoms with van der Waals surface area (Å²) in [5, 5.41) is 3.63. The molecule has 138 valence electrons. The maximum absolute atomic E-state index is 12.9. The van der Waals surface area contributed by atoms with Crippen LogP contribution in [0.25, 0.3) is 0 Å². The first kappa shape index (κ1) is 18.9. The second-order valence-corrected chi connectivity index (χ2v) is 6.90. The molecule has 0 spiro atoms. The van der Waals surface area contributed by atoms with E-state index in [1.807, 2.05) is 54.6 Å². The van der Waals surface area contributed by atoms with E-state index in [1.165, 1.54) is 11.1 Å². The van der Waals surface area contributed by atoms with Gasteiger partial charge in [0.15, 0.2) is 0 Å². The molecule has 0 radical (unpaired) electrons. The predicted molar refractivity (Wildman–Crippen MR) is 110 cm³/mol. The van der Waals surface area contributed by atoms with E-state index in [-0.39, 0.29) is 11.9 Å². The minimum Gasteiger partial charge on any atom is -0.347 e. The zero-order valence-corrected chi connectivity index (χ0v) is 15.9. The first-order valence-corrected chi connectivity index (χ1v) is 9.26. The van der Waals surface area contributed by atoms with E-state index in [9.17, 15) is 4.79 Å². The Hall–Kier alpha value is -2.91. The highest BCUT2D eigenvalue weighted by Gasteiger charge is 2.26. The SMILES string of the molecule is CN(C)C(=O)[C@H](N[C@H](Cc1ccccc1)c1ccccc1)c1ccccc1. The van der Waals surface area contributed by atoms with Crippen molar-refractivity contribution in [1.29, 1.82) is 0 Å². The minimum atomic E-state index is -0.393. The molecule has 3 aromatic rings. The van der Waals surface area contributed by atoms with Gasteiger partial charge < -0.3 is 4.90 Å². The van der Waals surface area contributed by atoms with Crippen molar-refractivity contribution in [3.8, 4) is 0 Å². The average molecular weight is 358 g/mol. The van der Waals surface area contributed by atoms with Crippen LogP contribution in [0.4, 0.5) is 0 Å². The maximum atomic E-state index is 12.9. The van der Waals surface area contributed by atoms with Gasteiger partial charge in [0, 0.05) is 20.1 Å². The minimum absolute atomic E-state index is 0.0303. The third-order valence-corrected chi connectivity index (χ3v) is 4.67. The summed E-state index contributed by atoms with van der Waals surface area (Å²) in [5.74, 6) is 0.0511. The Labute approximate surface area is 161 Å². The number of amides is 1. The fraction of sp³-hybridized carbons (Fsp3) is 0.208. The third-order valence-electron chi connectivity index (χ3n) is 4.67. The van der Waals surface area contributed by atoms with Gasteiger partial charge in [0.2, 0.25) is 5.91 Å². The molecule has 0 aliphatic carbocycles. The van der Waals surface area contributed by atoms with Crippen LogP contribution in [-0.4, -0.2) is 24.9 Å². The highest BCUT2D eigenvalue weighted by molar-refractivity contribution is 5.83. The van der Waals surface area contributed by atoms with E-state index in [0.29, 0.717) is 0 Å². The van der Waals surface area contributed by atoms with Crippen molar-refractivity contribution in [2.75, 3.05) is 14.1 Å². The lowest BCUT2D eigenvalue weighted by atomic mass is 9.96. The van der Waals surface area contributed by atoms with E-state index in [2.05, 4.69) is 41.7 Å². The lowest BCUT2D eigenvalue weighted by Gasteiger charge is -2.28. The molecule has 1 N–H and O–H groups in total. The van der Waals surface area contributed by atoms with Crippen LogP contribution in [-0.2, 0) is 11.2 Å². The number of nitrogens with zero attached hydrogens (tertiary/aromatic N) is 1. The molecule has 27 heavy (non-hydrogen) atoms. The van der Waals surface area contributed by atoms with Gasteiger partial charge in [-0.15, -0.1) is 0 Å². The summed E-state index contributed by atoms with van der Waals surface area (Å²) in [6.45, 7) is 0. The summed E-state index contributed by atoms with van der Waals surface area (Å²) in [7, 11) is 3.60. The second kappa shape index (κ2) is 9.15. The lowest BCUT2D eigenvalue weighted by Crippen LogP contribution is -2.39. The van der Waals surface area contributed by atoms with Gasteiger partial charge in [-0.1, -0.05) is 91.0 Å². The number of hydrogen-bond acceptors (Lipinski definition) is 2. The molecule has 0 saturated carbocycles. The molecule has 3 nitrogen and oxygen atoms in total. The van der Waals surface area contributed by atoms with E-state index in [4.69, 9.17) is 0 Å². The molecular weight excluding hydrogens is 332 g/mol. The largest absolute Gasteiger partial charge is 0.347 e. The van der Waals surface area contributed by atoms with Gasteiger partial charge in [-0.05, 0) is 23.1 Å². The number of benzene rings is 3. The maximum Gasteiger partial charge on any atom is 0.243 e. The van der Waals surface area contributed by atoms with Crippen molar-refractivity contribution in [2.24, 2.45) is 0 Å². The Balaban J connectivity index is 1.93. The van der Waals surface area contributed by atoms with Crippen LogP contribution >= 0.6 is 0 Å². The van der Waals surface area contributed by atoms with Crippen molar-refractivity contribution in [2.45, 2.75) is 18.5 Å². The average Bonchev–Trinajstić information content (AvgIpc) is 2.72. The monoisotopic (exact) mass is 358 g/mol. The zero-order valence-electron chi connectivity index (χ0n) is 15.9. The summed E-state index contributed by atoms with van der Waals surface area (Å²) in [6.07, 6.45) is 0.814. The van der Waals surface area contributed by atoms with Crippen molar-refractivity contribution >= 4 is 5.91 Å². The number of nitrogens with one attached hydrogen (secondary N) is 1. The van der Waals surface area contributed by atoms with Crippen molar-refractivity contribution in [3.05, 3.63) is 108 Å². The van der Waals surface area contributed by atoms with Crippen LogP contribution < -0.4 is 5.32 Å². The Morgan fingerprint density at radius 2 is 1.26 bits per heavy atom. The first-order valence-electron chi connectivity index (χ1n) is 9.26. The van der Waals surface area contributed by atoms with Gasteiger partial charge in [0.1, 0.15) is 6.04 Å². The van der Waals surface area contributed by atoms with Crippen molar-refractivity contribution < 1.29 is 4.79 Å². The molecule has 3 aromatic carbocycles. The smallest absolute Gasteiger partial charge is 0.243 e. The summed E-state index contributed by atoms with van der Waals surface area (Å²) in [6, 6.07) is 30.3. The summed E-state index contributed by atoms with van der Waals surface area (Å²) in [5.41, 5.74) is 3.39. The van der Waals surface area contributed by atoms with Gasteiger partial charge in [-0.3, -0.25) is 10.1 Å². The fourth-order valence-electron chi connectivity index (χ4n) is 3.22. The lowest BCUT2D eigenvalue weighted by molar-refractivity contribution is -0.131. The number of carbonyl (C=O) groups is 1. The molecule has 3 heteroatoms. The second-order valence-electron chi connectivity index (χ2n) is 6.90. The van der Waals surface area contributed by atoms with E-state index < -0.39 is 6.04 Å². The Morgan fingerprint density at radius 3 is 1.78 bits per heavy atom. The van der Waals surface area contributed by atoms with Crippen LogP contribution in [0.2, 0.25) is 0 Å². The Morgan fingerprint density at radius 1 is 0.778 bits per heavy atom. The first-order chi connectivity index (χ1) is 13.1. The highest BCUT2D eigenvalue weighted by Crippen LogP contribution is 2.24. The molecule has 0 fully saturated rings. The van der Waals surface area contributed by atoms with Crippen molar-refractivity contribution in [3.63, 3.8) is 0 Å². The molecule has 0 aromatic heterocycles. The summed E-state index contributed by atoms with van der Waals surface area (Å²) in [4.78, 5) is 14.6. The van der Waals surface area contributed by atoms with Crippen molar-refractivity contribution in [1.82, 2.24) is 10.2 Å². The highest BCUT2D eigenvalue weighted by atomic mass is 16.2. The predicted octanol–water partition coefficient (Wildman–Crippen LogP) is 4.39. The number of hydrogen-bond donors (Lipinski definition) is 1. The van der Waals surface area contributed by atoms with Gasteiger partial charge in [-0.2, -0.15) is 0 Å². The molecule has 3 rings (SSSR count). The van der Waals surface area contributed by atoms with E-state index in [0.717, 1.165) is 12.0 Å². The molecular formula is C24H26N2O. The molecule has 2 atom stereocenters. The molecule has 0 aliphatic heterocycles. The van der Waals surface area contributed by atoms with Gasteiger partial charge in [0.25, 0.3) is 0 Å². The van der Waals surface area contributed by atoms with Gasteiger partial charge in [0.05, 0.1) is 0 Å². The number of rotatable bonds is 7. The summed E-state index contributed by atoms with van der Waals surface area (Å²) >= 11 is 0. The van der Waals surface area contributed by atoms with Crippen LogP contribution in [0.3, 0.4) is 0 Å².